The van der Waals surface area contributed by atoms with Gasteiger partial charge in [0.1, 0.15) is 16.1 Å². The Balaban J connectivity index is 0.00000240. The van der Waals surface area contributed by atoms with Crippen molar-refractivity contribution in [3.8, 4) is 17.3 Å². The maximum Gasteiger partial charge on any atom is 0.168 e. The lowest BCUT2D eigenvalue weighted by molar-refractivity contribution is 0.459. The predicted molar refractivity (Wildman–Crippen MR) is 114 cm³/mol. The Morgan fingerprint density at radius 1 is 1.17 bits per heavy atom. The van der Waals surface area contributed by atoms with Gasteiger partial charge in [0.2, 0.25) is 0 Å². The quantitative estimate of drug-likeness (QED) is 0.405. The molecule has 0 fully saturated rings. The highest BCUT2D eigenvalue weighted by Crippen LogP contribution is 2.33. The Kier molecular flexibility index (Phi) is 6.28. The van der Waals surface area contributed by atoms with E-state index in [1.54, 1.807) is 24.3 Å². The molecule has 4 rings (SSSR count). The normalized spacial score (nSPS) is 11.7. The molecule has 0 aliphatic rings. The van der Waals surface area contributed by atoms with E-state index in [9.17, 15) is 4.39 Å². The van der Waals surface area contributed by atoms with Crippen molar-refractivity contribution in [1.82, 2.24) is 10.1 Å². The van der Waals surface area contributed by atoms with Crippen molar-refractivity contribution < 1.29 is 8.91 Å². The zero-order valence-corrected chi connectivity index (χ0v) is 17.4. The van der Waals surface area contributed by atoms with Gasteiger partial charge < -0.3 is 10.3 Å². The second kappa shape index (κ2) is 8.70. The Labute approximate surface area is 180 Å². The van der Waals surface area contributed by atoms with Crippen molar-refractivity contribution in [3.05, 3.63) is 81.8 Å². The van der Waals surface area contributed by atoms with E-state index in [1.165, 1.54) is 6.07 Å². The van der Waals surface area contributed by atoms with E-state index in [0.717, 1.165) is 16.5 Å². The van der Waals surface area contributed by atoms with Gasteiger partial charge in [0.05, 0.1) is 17.3 Å². The molecule has 2 N–H and O–H groups in total. The monoisotopic (exact) mass is 472 g/mol. The summed E-state index contributed by atoms with van der Waals surface area (Å²) in [7, 11) is 0. The number of rotatable bonds is 4. The minimum atomic E-state index is -0.488. The average Bonchev–Trinajstić information content (AvgIpc) is 3.13. The summed E-state index contributed by atoms with van der Waals surface area (Å²) < 4.78 is 20.1. The molecular formula is C21H15BrClFN4O. The molecule has 0 saturated heterocycles. The molecule has 8 heteroatoms. The summed E-state index contributed by atoms with van der Waals surface area (Å²) in [5, 5.41) is 14.0. The predicted octanol–water partition coefficient (Wildman–Crippen LogP) is 5.33. The summed E-state index contributed by atoms with van der Waals surface area (Å²) >= 11 is 3.26. The first kappa shape index (κ1) is 20.9. The number of hydrogen-bond donors (Lipinski definition) is 1. The first-order chi connectivity index (χ1) is 13.6. The van der Waals surface area contributed by atoms with Crippen LogP contribution in [-0.4, -0.2) is 10.1 Å². The first-order valence-electron chi connectivity index (χ1n) is 8.52. The number of halogens is 3. The van der Waals surface area contributed by atoms with Gasteiger partial charge in [-0.15, -0.1) is 12.4 Å². The molecule has 1 atom stereocenters. The Hall–Kier alpha value is -2.79. The fourth-order valence-corrected chi connectivity index (χ4v) is 3.50. The highest BCUT2D eigenvalue weighted by atomic mass is 79.9. The van der Waals surface area contributed by atoms with Crippen molar-refractivity contribution in [2.45, 2.75) is 12.5 Å². The molecule has 0 unspecified atom stereocenters. The molecule has 2 aromatic heterocycles. The van der Waals surface area contributed by atoms with Gasteiger partial charge in [0.25, 0.3) is 0 Å². The van der Waals surface area contributed by atoms with Gasteiger partial charge in [0, 0.05) is 29.5 Å². The van der Waals surface area contributed by atoms with Gasteiger partial charge in [-0.1, -0.05) is 29.4 Å². The summed E-state index contributed by atoms with van der Waals surface area (Å²) in [6.07, 6.45) is 0.233. The maximum absolute atomic E-state index is 14.1. The van der Waals surface area contributed by atoms with E-state index in [-0.39, 0.29) is 18.8 Å². The van der Waals surface area contributed by atoms with Gasteiger partial charge in [-0.3, -0.25) is 0 Å². The third-order valence-corrected chi connectivity index (χ3v) is 4.96. The zero-order valence-electron chi connectivity index (χ0n) is 15.0. The summed E-state index contributed by atoms with van der Waals surface area (Å²) in [6, 6.07) is 17.2. The van der Waals surface area contributed by atoms with Crippen LogP contribution in [0.2, 0.25) is 0 Å². The van der Waals surface area contributed by atoms with Crippen molar-refractivity contribution in [3.63, 3.8) is 0 Å². The molecule has 0 spiro atoms. The van der Waals surface area contributed by atoms with Crippen LogP contribution in [0.25, 0.3) is 22.2 Å². The van der Waals surface area contributed by atoms with E-state index in [2.05, 4.69) is 32.1 Å². The van der Waals surface area contributed by atoms with Crippen molar-refractivity contribution in [2.24, 2.45) is 5.73 Å². The van der Waals surface area contributed by atoms with E-state index in [1.807, 2.05) is 24.3 Å². The number of aromatic nitrogens is 2. The molecule has 0 aliphatic heterocycles. The molecule has 2 aromatic carbocycles. The molecule has 146 valence electrons. The third kappa shape index (κ3) is 4.15. The summed E-state index contributed by atoms with van der Waals surface area (Å²) in [4.78, 5) is 4.20. The molecular weight excluding hydrogens is 459 g/mol. The first-order valence-corrected chi connectivity index (χ1v) is 9.31. The van der Waals surface area contributed by atoms with Gasteiger partial charge in [0.15, 0.2) is 5.58 Å². The molecule has 0 bridgehead atoms. The van der Waals surface area contributed by atoms with E-state index in [0.29, 0.717) is 27.1 Å². The van der Waals surface area contributed by atoms with Crippen LogP contribution >= 0.6 is 28.3 Å². The van der Waals surface area contributed by atoms with Crippen molar-refractivity contribution in [2.75, 3.05) is 0 Å². The van der Waals surface area contributed by atoms with E-state index < -0.39 is 11.9 Å². The van der Waals surface area contributed by atoms with Crippen LogP contribution in [0.3, 0.4) is 0 Å². The van der Waals surface area contributed by atoms with Crippen molar-refractivity contribution >= 4 is 39.3 Å². The topological polar surface area (TPSA) is 88.7 Å². The summed E-state index contributed by atoms with van der Waals surface area (Å²) in [6.45, 7) is 0. The van der Waals surface area contributed by atoms with Crippen LogP contribution in [0.4, 0.5) is 4.39 Å². The Morgan fingerprint density at radius 3 is 2.76 bits per heavy atom. The van der Waals surface area contributed by atoms with E-state index in [4.69, 9.17) is 15.5 Å². The zero-order chi connectivity index (χ0) is 19.7. The van der Waals surface area contributed by atoms with Crippen LogP contribution in [0.5, 0.6) is 0 Å². The minimum absolute atomic E-state index is 0. The number of nitriles is 1. The van der Waals surface area contributed by atoms with Crippen LogP contribution in [0.1, 0.15) is 22.9 Å². The molecule has 0 aliphatic carbocycles. The highest BCUT2D eigenvalue weighted by Gasteiger charge is 2.19. The Bertz CT molecular complexity index is 1220. The molecule has 4 aromatic rings. The maximum atomic E-state index is 14.1. The number of hydrogen-bond acceptors (Lipinski definition) is 5. The molecule has 0 radical (unpaired) electrons. The van der Waals surface area contributed by atoms with Crippen LogP contribution in [-0.2, 0) is 6.42 Å². The fourth-order valence-electron chi connectivity index (χ4n) is 3.16. The molecule has 2 heterocycles. The number of nitrogens with zero attached hydrogens (tertiary/aromatic N) is 3. The lowest BCUT2D eigenvalue weighted by Gasteiger charge is -2.16. The second-order valence-electron chi connectivity index (χ2n) is 6.31. The largest absolute Gasteiger partial charge is 0.356 e. The average molecular weight is 474 g/mol. The highest BCUT2D eigenvalue weighted by molar-refractivity contribution is 9.10. The standard InChI is InChI=1S/C21H14BrFN4O.ClH/c22-20-8-7-16(23)18(26-20)10-17(25)13-3-1-2-4-14(13)21-15-6-5-12(11-24)9-19(15)28-27-21;/h1-9,17H,10,25H2;1H/t17-;/m0./s1. The van der Waals surface area contributed by atoms with Gasteiger partial charge >= 0.3 is 0 Å². The minimum Gasteiger partial charge on any atom is -0.356 e. The molecule has 0 amide bonds. The lowest BCUT2D eigenvalue weighted by Crippen LogP contribution is -2.16. The molecule has 5 nitrogen and oxygen atoms in total. The van der Waals surface area contributed by atoms with E-state index >= 15 is 0 Å². The number of benzene rings is 2. The van der Waals surface area contributed by atoms with Crippen molar-refractivity contribution in [1.29, 1.82) is 5.26 Å². The summed E-state index contributed by atoms with van der Waals surface area (Å²) in [5.41, 5.74) is 9.97. The second-order valence-corrected chi connectivity index (χ2v) is 7.13. The number of nitrogens with two attached hydrogens (primary N) is 1. The SMILES string of the molecule is Cl.N#Cc1ccc2c(-c3ccccc3[C@@H](N)Cc3nc(Br)ccc3F)noc2c1. The lowest BCUT2D eigenvalue weighted by atomic mass is 9.94. The van der Waals surface area contributed by atoms with Gasteiger partial charge in [-0.2, -0.15) is 5.26 Å². The fraction of sp³-hybridized carbons (Fsp3) is 0.0952. The molecule has 29 heavy (non-hydrogen) atoms. The molecule has 0 saturated carbocycles. The smallest absolute Gasteiger partial charge is 0.168 e. The number of pyridine rings is 1. The van der Waals surface area contributed by atoms with Crippen LogP contribution in [0, 0.1) is 17.1 Å². The number of fused-ring (bicyclic) bond motifs is 1. The van der Waals surface area contributed by atoms with Crippen LogP contribution in [0.15, 0.2) is 63.7 Å². The van der Waals surface area contributed by atoms with Gasteiger partial charge in [-0.05, 0) is 45.8 Å². The van der Waals surface area contributed by atoms with Gasteiger partial charge in [-0.25, -0.2) is 9.37 Å². The van der Waals surface area contributed by atoms with Crippen LogP contribution < -0.4 is 5.73 Å². The Morgan fingerprint density at radius 2 is 1.97 bits per heavy atom. The third-order valence-electron chi connectivity index (χ3n) is 4.51. The summed E-state index contributed by atoms with van der Waals surface area (Å²) in [5.74, 6) is -0.396.